The Hall–Kier alpha value is -1.19. The third kappa shape index (κ3) is 19.6. The van der Waals surface area contributed by atoms with Crippen LogP contribution < -0.4 is 0 Å². The smallest absolute Gasteiger partial charge is 0.409 e. The van der Waals surface area contributed by atoms with Gasteiger partial charge in [0.25, 0.3) is 0 Å². The fraction of sp³-hybridized carbons (Fsp3) is 0.875. The first kappa shape index (κ1) is 26.8. The molecule has 0 heterocycles. The molecule has 0 radical (unpaired) electrons. The number of likely N-dealkylation sites (N-methyl/N-ethyl adjacent to an activating group) is 1. The number of rotatable bonds is 21. The van der Waals surface area contributed by atoms with Crippen LogP contribution in [-0.4, -0.2) is 37.8 Å². The molecule has 0 aliphatic heterocycles. The Kier molecular flexibility index (Phi) is 21.2. The molecule has 0 unspecified atom stereocenters. The van der Waals surface area contributed by atoms with Crippen LogP contribution in [-0.2, 0) is 9.47 Å². The molecular weight excluding hydrogens is 350 g/mol. The molecule has 0 aliphatic carbocycles. The average Bonchev–Trinajstić information content (AvgIpc) is 2.70. The maximum atomic E-state index is 11.7. The Bertz CT molecular complexity index is 347. The monoisotopic (exact) mass is 397 g/mol. The van der Waals surface area contributed by atoms with Crippen LogP contribution in [0.4, 0.5) is 4.79 Å². The van der Waals surface area contributed by atoms with E-state index in [1.807, 2.05) is 0 Å². The molecule has 0 N–H and O–H groups in total. The van der Waals surface area contributed by atoms with Gasteiger partial charge in [-0.3, -0.25) is 0 Å². The number of nitrogens with zero attached hydrogens (tertiary/aromatic N) is 1. The van der Waals surface area contributed by atoms with Crippen LogP contribution in [0, 0.1) is 0 Å². The van der Waals surface area contributed by atoms with Gasteiger partial charge in [0.15, 0.2) is 0 Å². The topological polar surface area (TPSA) is 38.8 Å². The molecule has 28 heavy (non-hydrogen) atoms. The fourth-order valence-corrected chi connectivity index (χ4v) is 3.28. The van der Waals surface area contributed by atoms with Crippen molar-refractivity contribution >= 4 is 6.09 Å². The Morgan fingerprint density at radius 2 is 1.18 bits per heavy atom. The zero-order valence-electron chi connectivity index (χ0n) is 18.9. The van der Waals surface area contributed by atoms with Crippen molar-refractivity contribution in [3.05, 3.63) is 12.8 Å². The van der Waals surface area contributed by atoms with Gasteiger partial charge in [-0.15, -0.1) is 0 Å². The van der Waals surface area contributed by atoms with Crippen molar-refractivity contribution in [1.29, 1.82) is 0 Å². The highest BCUT2D eigenvalue weighted by atomic mass is 16.6. The van der Waals surface area contributed by atoms with Crippen LogP contribution >= 0.6 is 0 Å². The van der Waals surface area contributed by atoms with Crippen molar-refractivity contribution in [3.8, 4) is 0 Å². The van der Waals surface area contributed by atoms with Gasteiger partial charge < -0.3 is 14.4 Å². The second-order valence-corrected chi connectivity index (χ2v) is 7.88. The van der Waals surface area contributed by atoms with Crippen molar-refractivity contribution in [2.24, 2.45) is 0 Å². The minimum Gasteiger partial charge on any atom is -0.500 e. The standard InChI is InChI=1S/C24H47NO3/c1-4-6-7-8-9-10-11-12-13-14-15-16-17-18-19-20-22-28-24(26)25(3)21-23-27-5-2/h5H,2,4,6-23H2,1,3H3. The van der Waals surface area contributed by atoms with Crippen molar-refractivity contribution in [2.75, 3.05) is 26.8 Å². The van der Waals surface area contributed by atoms with E-state index in [1.54, 1.807) is 7.05 Å². The lowest BCUT2D eigenvalue weighted by Gasteiger charge is -2.16. The number of carbonyl (C=O) groups excluding carboxylic acids is 1. The molecule has 0 aromatic heterocycles. The minimum atomic E-state index is -0.270. The Labute approximate surface area is 175 Å². The van der Waals surface area contributed by atoms with E-state index in [1.165, 1.54) is 101 Å². The molecule has 0 aliphatic rings. The molecule has 0 fully saturated rings. The summed E-state index contributed by atoms with van der Waals surface area (Å²) >= 11 is 0. The summed E-state index contributed by atoms with van der Waals surface area (Å²) in [5, 5.41) is 0. The molecular formula is C24H47NO3. The van der Waals surface area contributed by atoms with E-state index >= 15 is 0 Å². The third-order valence-electron chi connectivity index (χ3n) is 5.20. The summed E-state index contributed by atoms with van der Waals surface area (Å²) in [5.41, 5.74) is 0. The van der Waals surface area contributed by atoms with Crippen molar-refractivity contribution in [2.45, 2.75) is 110 Å². The molecule has 0 atom stereocenters. The molecule has 0 spiro atoms. The molecule has 0 rings (SSSR count). The first-order chi connectivity index (χ1) is 13.7. The minimum absolute atomic E-state index is 0.270. The van der Waals surface area contributed by atoms with Gasteiger partial charge in [0.2, 0.25) is 0 Å². The van der Waals surface area contributed by atoms with Gasteiger partial charge in [-0.1, -0.05) is 110 Å². The predicted molar refractivity (Wildman–Crippen MR) is 120 cm³/mol. The highest BCUT2D eigenvalue weighted by Gasteiger charge is 2.08. The van der Waals surface area contributed by atoms with Crippen LogP contribution in [0.15, 0.2) is 12.8 Å². The van der Waals surface area contributed by atoms with Gasteiger partial charge in [0.1, 0.15) is 6.61 Å². The highest BCUT2D eigenvalue weighted by Crippen LogP contribution is 2.13. The van der Waals surface area contributed by atoms with E-state index in [0.29, 0.717) is 19.8 Å². The molecule has 1 amide bonds. The molecule has 0 saturated heterocycles. The number of amides is 1. The third-order valence-corrected chi connectivity index (χ3v) is 5.20. The summed E-state index contributed by atoms with van der Waals surface area (Å²) in [6.45, 7) is 7.24. The van der Waals surface area contributed by atoms with E-state index in [-0.39, 0.29) is 6.09 Å². The van der Waals surface area contributed by atoms with Crippen LogP contribution in [0.5, 0.6) is 0 Å². The first-order valence-corrected chi connectivity index (χ1v) is 11.8. The first-order valence-electron chi connectivity index (χ1n) is 11.8. The Morgan fingerprint density at radius 3 is 1.61 bits per heavy atom. The van der Waals surface area contributed by atoms with Crippen LogP contribution in [0.2, 0.25) is 0 Å². The fourth-order valence-electron chi connectivity index (χ4n) is 3.28. The molecule has 0 aromatic rings. The number of hydrogen-bond donors (Lipinski definition) is 0. The van der Waals surface area contributed by atoms with Gasteiger partial charge in [0.05, 0.1) is 19.4 Å². The van der Waals surface area contributed by atoms with E-state index in [2.05, 4.69) is 13.5 Å². The Balaban J connectivity index is 3.19. The zero-order chi connectivity index (χ0) is 20.7. The van der Waals surface area contributed by atoms with E-state index in [4.69, 9.17) is 9.47 Å². The van der Waals surface area contributed by atoms with E-state index in [9.17, 15) is 4.79 Å². The molecule has 4 heteroatoms. The molecule has 0 aromatic carbocycles. The van der Waals surface area contributed by atoms with Gasteiger partial charge in [-0.25, -0.2) is 4.79 Å². The van der Waals surface area contributed by atoms with Crippen LogP contribution in [0.1, 0.15) is 110 Å². The molecule has 4 nitrogen and oxygen atoms in total. The normalized spacial score (nSPS) is 10.6. The Morgan fingerprint density at radius 1 is 0.750 bits per heavy atom. The second-order valence-electron chi connectivity index (χ2n) is 7.88. The summed E-state index contributed by atoms with van der Waals surface area (Å²) in [5.74, 6) is 0. The van der Waals surface area contributed by atoms with Gasteiger partial charge in [-0.2, -0.15) is 0 Å². The van der Waals surface area contributed by atoms with Gasteiger partial charge in [0, 0.05) is 7.05 Å². The van der Waals surface area contributed by atoms with E-state index in [0.717, 1.165) is 12.8 Å². The largest absolute Gasteiger partial charge is 0.500 e. The SMILES string of the molecule is C=COCCN(C)C(=O)OCCCCCCCCCCCCCCCCCC. The van der Waals surface area contributed by atoms with Crippen LogP contribution in [0.3, 0.4) is 0 Å². The number of carbonyl (C=O) groups is 1. The summed E-state index contributed by atoms with van der Waals surface area (Å²) < 4.78 is 10.3. The second kappa shape index (κ2) is 22.1. The summed E-state index contributed by atoms with van der Waals surface area (Å²) in [6, 6.07) is 0. The maximum absolute atomic E-state index is 11.7. The lowest BCUT2D eigenvalue weighted by Crippen LogP contribution is -2.30. The number of hydrogen-bond acceptors (Lipinski definition) is 3. The average molecular weight is 398 g/mol. The van der Waals surface area contributed by atoms with Crippen molar-refractivity contribution < 1.29 is 14.3 Å². The number of unbranched alkanes of at least 4 members (excludes halogenated alkanes) is 15. The quantitative estimate of drug-likeness (QED) is 0.149. The van der Waals surface area contributed by atoms with Crippen LogP contribution in [0.25, 0.3) is 0 Å². The molecule has 0 saturated carbocycles. The molecule has 166 valence electrons. The van der Waals surface area contributed by atoms with Crippen molar-refractivity contribution in [1.82, 2.24) is 4.90 Å². The summed E-state index contributed by atoms with van der Waals surface area (Å²) in [4.78, 5) is 13.3. The number of ether oxygens (including phenoxy) is 2. The van der Waals surface area contributed by atoms with Gasteiger partial charge >= 0.3 is 6.09 Å². The van der Waals surface area contributed by atoms with Crippen molar-refractivity contribution in [3.63, 3.8) is 0 Å². The van der Waals surface area contributed by atoms with Gasteiger partial charge in [-0.05, 0) is 6.42 Å². The summed E-state index contributed by atoms with van der Waals surface area (Å²) in [6.07, 6.45) is 22.7. The highest BCUT2D eigenvalue weighted by molar-refractivity contribution is 5.67. The lowest BCUT2D eigenvalue weighted by molar-refractivity contribution is 0.100. The lowest BCUT2D eigenvalue weighted by atomic mass is 10.0. The zero-order valence-corrected chi connectivity index (χ0v) is 18.9. The maximum Gasteiger partial charge on any atom is 0.409 e. The predicted octanol–water partition coefficient (Wildman–Crippen LogP) is 7.48. The summed E-state index contributed by atoms with van der Waals surface area (Å²) in [7, 11) is 1.72. The molecule has 0 bridgehead atoms. The van der Waals surface area contributed by atoms with E-state index < -0.39 is 0 Å².